The van der Waals surface area contributed by atoms with Crippen LogP contribution in [-0.4, -0.2) is 35.5 Å². The predicted molar refractivity (Wildman–Crippen MR) is 84.4 cm³/mol. The standard InChI is InChI=1S/C15H18N4O4/c1-3-23-12-6-4-5-10(14(12)21)8-16-18-13(20)7-11-9(2)17-19-15(11)22/h4-6,8,11,21H,3,7H2,1-2H3,(H,18,20)(H,19,22)/b16-8+. The lowest BCUT2D eigenvalue weighted by molar-refractivity contribution is -0.127. The number of aromatic hydroxyl groups is 1. The Morgan fingerprint density at radius 3 is 3.00 bits per heavy atom. The molecule has 23 heavy (non-hydrogen) atoms. The summed E-state index contributed by atoms with van der Waals surface area (Å²) in [7, 11) is 0. The van der Waals surface area contributed by atoms with Crippen molar-refractivity contribution in [2.45, 2.75) is 20.3 Å². The van der Waals surface area contributed by atoms with Crippen molar-refractivity contribution < 1.29 is 19.4 Å². The highest BCUT2D eigenvalue weighted by Crippen LogP contribution is 2.28. The molecule has 8 nitrogen and oxygen atoms in total. The van der Waals surface area contributed by atoms with E-state index in [0.29, 0.717) is 23.6 Å². The van der Waals surface area contributed by atoms with Gasteiger partial charge in [-0.3, -0.25) is 9.59 Å². The zero-order valence-electron chi connectivity index (χ0n) is 12.9. The second-order valence-electron chi connectivity index (χ2n) is 4.91. The van der Waals surface area contributed by atoms with Gasteiger partial charge >= 0.3 is 0 Å². The average Bonchev–Trinajstić information content (AvgIpc) is 2.83. The molecule has 1 aliphatic rings. The maximum atomic E-state index is 11.8. The zero-order chi connectivity index (χ0) is 16.8. The maximum Gasteiger partial charge on any atom is 0.249 e. The lowest BCUT2D eigenvalue weighted by Crippen LogP contribution is -2.29. The lowest BCUT2D eigenvalue weighted by Gasteiger charge is -2.07. The molecule has 1 heterocycles. The van der Waals surface area contributed by atoms with E-state index in [1.807, 2.05) is 6.92 Å². The van der Waals surface area contributed by atoms with E-state index in [1.54, 1.807) is 25.1 Å². The van der Waals surface area contributed by atoms with Gasteiger partial charge in [0.15, 0.2) is 11.5 Å². The van der Waals surface area contributed by atoms with Crippen molar-refractivity contribution in [1.29, 1.82) is 0 Å². The fourth-order valence-corrected chi connectivity index (χ4v) is 2.05. The Morgan fingerprint density at radius 1 is 1.57 bits per heavy atom. The largest absolute Gasteiger partial charge is 0.504 e. The number of carbonyl (C=O) groups excluding carboxylic acids is 2. The Hall–Kier alpha value is -2.90. The molecule has 2 amide bonds. The zero-order valence-corrected chi connectivity index (χ0v) is 12.9. The van der Waals surface area contributed by atoms with E-state index in [4.69, 9.17) is 4.74 Å². The van der Waals surface area contributed by atoms with Crippen LogP contribution in [0.1, 0.15) is 25.8 Å². The molecule has 1 unspecified atom stereocenters. The fraction of sp³-hybridized carbons (Fsp3) is 0.333. The van der Waals surface area contributed by atoms with Crippen molar-refractivity contribution in [2.75, 3.05) is 6.61 Å². The second-order valence-corrected chi connectivity index (χ2v) is 4.91. The van der Waals surface area contributed by atoms with E-state index in [-0.39, 0.29) is 18.1 Å². The molecule has 1 atom stereocenters. The van der Waals surface area contributed by atoms with Gasteiger partial charge in [0.05, 0.1) is 18.7 Å². The summed E-state index contributed by atoms with van der Waals surface area (Å²) in [5.74, 6) is -0.996. The number of rotatable bonds is 6. The van der Waals surface area contributed by atoms with Crippen molar-refractivity contribution in [2.24, 2.45) is 16.1 Å². The lowest BCUT2D eigenvalue weighted by atomic mass is 10.0. The molecule has 0 aliphatic carbocycles. The minimum atomic E-state index is -0.570. The molecule has 0 saturated carbocycles. The van der Waals surface area contributed by atoms with Crippen molar-refractivity contribution in [3.8, 4) is 11.5 Å². The first kappa shape index (κ1) is 16.5. The van der Waals surface area contributed by atoms with Gasteiger partial charge in [0.1, 0.15) is 0 Å². The van der Waals surface area contributed by atoms with Crippen LogP contribution in [0.25, 0.3) is 0 Å². The first-order chi connectivity index (χ1) is 11.0. The molecule has 2 rings (SSSR count). The van der Waals surface area contributed by atoms with E-state index in [2.05, 4.69) is 21.1 Å². The van der Waals surface area contributed by atoms with E-state index in [9.17, 15) is 14.7 Å². The molecular weight excluding hydrogens is 300 g/mol. The summed E-state index contributed by atoms with van der Waals surface area (Å²) in [5.41, 5.74) is 5.61. The Kier molecular flexibility index (Phi) is 5.29. The van der Waals surface area contributed by atoms with Crippen LogP contribution in [0.2, 0.25) is 0 Å². The third kappa shape index (κ3) is 4.06. The van der Waals surface area contributed by atoms with Gasteiger partial charge in [-0.15, -0.1) is 0 Å². The summed E-state index contributed by atoms with van der Waals surface area (Å²) in [6.45, 7) is 3.91. The van der Waals surface area contributed by atoms with Gasteiger partial charge in [0.25, 0.3) is 0 Å². The highest BCUT2D eigenvalue weighted by atomic mass is 16.5. The number of hydrazone groups is 2. The predicted octanol–water partition coefficient (Wildman–Crippen LogP) is 0.753. The molecule has 3 N–H and O–H groups in total. The van der Waals surface area contributed by atoms with E-state index in [0.717, 1.165) is 0 Å². The van der Waals surface area contributed by atoms with Crippen LogP contribution in [0.4, 0.5) is 0 Å². The number of carbonyl (C=O) groups is 2. The molecule has 0 spiro atoms. The number of para-hydroxylation sites is 1. The summed E-state index contributed by atoms with van der Waals surface area (Å²) in [6, 6.07) is 4.97. The Labute approximate surface area is 133 Å². The highest BCUT2D eigenvalue weighted by Gasteiger charge is 2.28. The smallest absolute Gasteiger partial charge is 0.249 e. The van der Waals surface area contributed by atoms with Crippen LogP contribution in [0.3, 0.4) is 0 Å². The minimum Gasteiger partial charge on any atom is -0.504 e. The minimum absolute atomic E-state index is 0.0382. The van der Waals surface area contributed by atoms with Gasteiger partial charge < -0.3 is 9.84 Å². The van der Waals surface area contributed by atoms with Crippen LogP contribution in [0.5, 0.6) is 11.5 Å². The topological polar surface area (TPSA) is 112 Å². The number of nitrogens with zero attached hydrogens (tertiary/aromatic N) is 2. The molecule has 0 aromatic heterocycles. The number of phenols is 1. The van der Waals surface area contributed by atoms with Crippen LogP contribution < -0.4 is 15.6 Å². The molecule has 1 aliphatic heterocycles. The summed E-state index contributed by atoms with van der Waals surface area (Å²) in [6.07, 6.45) is 1.27. The number of benzene rings is 1. The first-order valence-corrected chi connectivity index (χ1v) is 7.13. The molecule has 1 aromatic rings. The molecule has 1 aromatic carbocycles. The third-order valence-electron chi connectivity index (χ3n) is 3.28. The van der Waals surface area contributed by atoms with Crippen LogP contribution in [-0.2, 0) is 9.59 Å². The number of nitrogens with one attached hydrogen (secondary N) is 2. The summed E-state index contributed by atoms with van der Waals surface area (Å²) in [4.78, 5) is 23.3. The molecular formula is C15H18N4O4. The average molecular weight is 318 g/mol. The van der Waals surface area contributed by atoms with Gasteiger partial charge in [-0.2, -0.15) is 10.2 Å². The van der Waals surface area contributed by atoms with E-state index >= 15 is 0 Å². The molecule has 0 fully saturated rings. The number of ether oxygens (including phenoxy) is 1. The highest BCUT2D eigenvalue weighted by molar-refractivity contribution is 6.09. The van der Waals surface area contributed by atoms with Gasteiger partial charge in [0, 0.05) is 17.7 Å². The normalized spacial score (nSPS) is 17.0. The quantitative estimate of drug-likeness (QED) is 0.531. The molecule has 0 radical (unpaired) electrons. The molecule has 122 valence electrons. The number of hydrogen-bond donors (Lipinski definition) is 3. The first-order valence-electron chi connectivity index (χ1n) is 7.13. The van der Waals surface area contributed by atoms with Crippen LogP contribution in [0, 0.1) is 5.92 Å². The SMILES string of the molecule is CCOc1cccc(/C=N/NC(=O)CC2C(=O)NN=C2C)c1O. The number of amides is 2. The van der Waals surface area contributed by atoms with Gasteiger partial charge in [-0.25, -0.2) is 10.9 Å². The number of phenolic OH excluding ortho intramolecular Hbond substituents is 1. The molecule has 8 heteroatoms. The Balaban J connectivity index is 1.94. The van der Waals surface area contributed by atoms with Crippen LogP contribution >= 0.6 is 0 Å². The van der Waals surface area contributed by atoms with E-state index < -0.39 is 11.8 Å². The summed E-state index contributed by atoms with van der Waals surface area (Å²) < 4.78 is 5.26. The second kappa shape index (κ2) is 7.39. The van der Waals surface area contributed by atoms with Crippen molar-refractivity contribution in [3.63, 3.8) is 0 Å². The third-order valence-corrected chi connectivity index (χ3v) is 3.28. The van der Waals surface area contributed by atoms with Gasteiger partial charge in [0.2, 0.25) is 11.8 Å². The Bertz CT molecular complexity index is 669. The van der Waals surface area contributed by atoms with Crippen molar-refractivity contribution >= 4 is 23.7 Å². The summed E-state index contributed by atoms with van der Waals surface area (Å²) in [5, 5.41) is 17.5. The van der Waals surface area contributed by atoms with Crippen molar-refractivity contribution in [1.82, 2.24) is 10.9 Å². The van der Waals surface area contributed by atoms with Gasteiger partial charge in [-0.1, -0.05) is 6.07 Å². The van der Waals surface area contributed by atoms with Crippen LogP contribution in [0.15, 0.2) is 28.4 Å². The summed E-state index contributed by atoms with van der Waals surface area (Å²) >= 11 is 0. The maximum absolute atomic E-state index is 11.8. The van der Waals surface area contributed by atoms with E-state index in [1.165, 1.54) is 6.21 Å². The number of hydrogen-bond acceptors (Lipinski definition) is 6. The Morgan fingerprint density at radius 2 is 2.35 bits per heavy atom. The molecule has 0 bridgehead atoms. The molecule has 0 saturated heterocycles. The van der Waals surface area contributed by atoms with Crippen molar-refractivity contribution in [3.05, 3.63) is 23.8 Å². The monoisotopic (exact) mass is 318 g/mol. The van der Waals surface area contributed by atoms with Gasteiger partial charge in [-0.05, 0) is 26.0 Å². The fourth-order valence-electron chi connectivity index (χ4n) is 2.05.